The molecule has 0 aliphatic carbocycles. The van der Waals surface area contributed by atoms with Gasteiger partial charge in [0.1, 0.15) is 11.9 Å². The van der Waals surface area contributed by atoms with Crippen LogP contribution in [-0.2, 0) is 16.0 Å². The van der Waals surface area contributed by atoms with E-state index in [1.807, 2.05) is 38.1 Å². The van der Waals surface area contributed by atoms with Gasteiger partial charge in [-0.15, -0.1) is 0 Å². The second-order valence-corrected chi connectivity index (χ2v) is 7.65. The van der Waals surface area contributed by atoms with Crippen molar-refractivity contribution in [3.05, 3.63) is 64.4 Å². The minimum absolute atomic E-state index is 0.0746. The molecule has 28 heavy (non-hydrogen) atoms. The topological polar surface area (TPSA) is 75.4 Å². The molecule has 3 rings (SSSR count). The number of halogens is 2. The summed E-state index contributed by atoms with van der Waals surface area (Å²) in [5, 5.41) is 2.65. The molecule has 5 nitrogen and oxygen atoms in total. The van der Waals surface area contributed by atoms with Crippen molar-refractivity contribution in [2.24, 2.45) is 11.7 Å². The molecule has 0 spiro atoms. The Morgan fingerprint density at radius 1 is 1.21 bits per heavy atom. The third-order valence-electron chi connectivity index (χ3n) is 5.03. The van der Waals surface area contributed by atoms with Crippen LogP contribution in [0.4, 0.5) is 10.1 Å². The number of nitrogens with two attached hydrogens (primary N) is 1. The van der Waals surface area contributed by atoms with Crippen molar-refractivity contribution in [1.29, 1.82) is 0 Å². The van der Waals surface area contributed by atoms with E-state index in [0.29, 0.717) is 18.5 Å². The molecular formula is C21H23ClFN3O2. The first-order valence-electron chi connectivity index (χ1n) is 9.20. The first-order valence-corrected chi connectivity index (χ1v) is 9.57. The maximum atomic E-state index is 14.2. The maximum Gasteiger partial charge on any atom is 0.251 e. The lowest BCUT2D eigenvalue weighted by atomic mass is 9.90. The van der Waals surface area contributed by atoms with Crippen LogP contribution in [0.2, 0.25) is 5.02 Å². The van der Waals surface area contributed by atoms with Crippen molar-refractivity contribution < 1.29 is 14.0 Å². The third-order valence-corrected chi connectivity index (χ3v) is 5.34. The molecule has 0 radical (unpaired) electrons. The lowest BCUT2D eigenvalue weighted by Gasteiger charge is -2.38. The minimum atomic E-state index is -0.905. The van der Waals surface area contributed by atoms with E-state index >= 15 is 0 Å². The molecule has 2 aromatic rings. The number of para-hydroxylation sites is 1. The average Bonchev–Trinajstić information content (AvgIpc) is 2.68. The van der Waals surface area contributed by atoms with E-state index in [4.69, 9.17) is 17.3 Å². The number of benzene rings is 2. The summed E-state index contributed by atoms with van der Waals surface area (Å²) < 4.78 is 14.2. The van der Waals surface area contributed by atoms with Crippen LogP contribution in [-0.4, -0.2) is 29.3 Å². The first-order chi connectivity index (χ1) is 13.3. The molecule has 1 aliphatic rings. The molecule has 3 N–H and O–H groups in total. The monoisotopic (exact) mass is 403 g/mol. The van der Waals surface area contributed by atoms with Crippen LogP contribution in [0.5, 0.6) is 0 Å². The largest absolute Gasteiger partial charge is 0.325 e. The SMILES string of the molecule is CC(C)[C@H](N)C(=O)N1CCc2ccccc2[C@H]1C(=O)Nc1c(F)cccc1Cl. The van der Waals surface area contributed by atoms with E-state index < -0.39 is 23.8 Å². The number of fused-ring (bicyclic) bond motifs is 1. The van der Waals surface area contributed by atoms with Crippen molar-refractivity contribution in [3.8, 4) is 0 Å². The van der Waals surface area contributed by atoms with Crippen molar-refractivity contribution in [3.63, 3.8) is 0 Å². The second kappa shape index (κ2) is 8.29. The Kier molecular flexibility index (Phi) is 6.01. The number of nitrogens with zero attached hydrogens (tertiary/aromatic N) is 1. The Morgan fingerprint density at radius 2 is 1.93 bits per heavy atom. The van der Waals surface area contributed by atoms with Gasteiger partial charge in [0, 0.05) is 6.54 Å². The molecule has 2 atom stereocenters. The number of amides is 2. The third kappa shape index (κ3) is 3.88. The summed E-state index contributed by atoms with van der Waals surface area (Å²) in [7, 11) is 0. The maximum absolute atomic E-state index is 14.2. The normalized spacial score (nSPS) is 17.2. The Bertz CT molecular complexity index is 883. The standard InChI is InChI=1S/C21H23ClFN3O2/c1-12(2)17(24)21(28)26-11-10-13-6-3-4-7-14(13)19(26)20(27)25-18-15(22)8-5-9-16(18)23/h3-9,12,17,19H,10-11,24H2,1-2H3,(H,25,27)/t17-,19-/m0/s1. The average molecular weight is 404 g/mol. The second-order valence-electron chi connectivity index (χ2n) is 7.24. The lowest BCUT2D eigenvalue weighted by Crippen LogP contribution is -2.52. The number of rotatable bonds is 4. The summed E-state index contributed by atoms with van der Waals surface area (Å²) >= 11 is 6.05. The predicted octanol–water partition coefficient (Wildman–Crippen LogP) is 3.53. The highest BCUT2D eigenvalue weighted by atomic mass is 35.5. The van der Waals surface area contributed by atoms with Crippen LogP contribution < -0.4 is 11.1 Å². The Hall–Kier alpha value is -2.44. The number of nitrogens with one attached hydrogen (secondary N) is 1. The summed E-state index contributed by atoms with van der Waals surface area (Å²) in [4.78, 5) is 27.6. The summed E-state index contributed by atoms with van der Waals surface area (Å²) in [6, 6.07) is 9.97. The van der Waals surface area contributed by atoms with Gasteiger partial charge >= 0.3 is 0 Å². The molecule has 2 aromatic carbocycles. The van der Waals surface area contributed by atoms with E-state index in [9.17, 15) is 14.0 Å². The molecule has 0 saturated carbocycles. The van der Waals surface area contributed by atoms with Crippen molar-refractivity contribution >= 4 is 29.1 Å². The molecule has 0 saturated heterocycles. The first kappa shape index (κ1) is 20.3. The highest BCUT2D eigenvalue weighted by Gasteiger charge is 2.38. The molecular weight excluding hydrogens is 381 g/mol. The van der Waals surface area contributed by atoms with Gasteiger partial charge in [0.15, 0.2) is 0 Å². The van der Waals surface area contributed by atoms with Crippen LogP contribution in [0.15, 0.2) is 42.5 Å². The highest BCUT2D eigenvalue weighted by molar-refractivity contribution is 6.33. The molecule has 0 fully saturated rings. The molecule has 1 aliphatic heterocycles. The van der Waals surface area contributed by atoms with E-state index in [2.05, 4.69) is 5.32 Å². The van der Waals surface area contributed by atoms with E-state index in [1.54, 1.807) is 0 Å². The Labute approximate surface area is 168 Å². The van der Waals surface area contributed by atoms with E-state index in [0.717, 1.165) is 5.56 Å². The fourth-order valence-corrected chi connectivity index (χ4v) is 3.58. The van der Waals surface area contributed by atoms with Gasteiger partial charge in [-0.1, -0.05) is 55.8 Å². The molecule has 0 unspecified atom stereocenters. The van der Waals surface area contributed by atoms with Crippen LogP contribution in [0.3, 0.4) is 0 Å². The van der Waals surface area contributed by atoms with Gasteiger partial charge in [0.05, 0.1) is 16.8 Å². The van der Waals surface area contributed by atoms with Crippen molar-refractivity contribution in [1.82, 2.24) is 4.90 Å². The number of carbonyl (C=O) groups is 2. The lowest BCUT2D eigenvalue weighted by molar-refractivity contribution is -0.141. The van der Waals surface area contributed by atoms with Crippen LogP contribution >= 0.6 is 11.6 Å². The number of hydrogen-bond donors (Lipinski definition) is 2. The molecule has 2 amide bonds. The fourth-order valence-electron chi connectivity index (χ4n) is 3.37. The van der Waals surface area contributed by atoms with Gasteiger partial charge < -0.3 is 16.0 Å². The molecule has 7 heteroatoms. The minimum Gasteiger partial charge on any atom is -0.325 e. The van der Waals surface area contributed by atoms with Crippen LogP contribution in [0.1, 0.15) is 31.0 Å². The number of hydrogen-bond acceptors (Lipinski definition) is 3. The van der Waals surface area contributed by atoms with Gasteiger partial charge in [0.25, 0.3) is 5.91 Å². The van der Waals surface area contributed by atoms with E-state index in [1.165, 1.54) is 23.1 Å². The summed E-state index contributed by atoms with van der Waals surface area (Å²) in [6.45, 7) is 4.07. The number of anilines is 1. The predicted molar refractivity (Wildman–Crippen MR) is 107 cm³/mol. The molecule has 1 heterocycles. The van der Waals surface area contributed by atoms with Gasteiger partial charge in [-0.05, 0) is 35.6 Å². The molecule has 0 aromatic heterocycles. The molecule has 148 valence electrons. The van der Waals surface area contributed by atoms with Crippen LogP contribution in [0, 0.1) is 11.7 Å². The van der Waals surface area contributed by atoms with Gasteiger partial charge in [-0.2, -0.15) is 0 Å². The van der Waals surface area contributed by atoms with Crippen molar-refractivity contribution in [2.75, 3.05) is 11.9 Å². The van der Waals surface area contributed by atoms with E-state index in [-0.39, 0.29) is 22.5 Å². The van der Waals surface area contributed by atoms with Gasteiger partial charge in [0.2, 0.25) is 5.91 Å². The quantitative estimate of drug-likeness (QED) is 0.820. The number of carbonyl (C=O) groups excluding carboxylic acids is 2. The summed E-state index contributed by atoms with van der Waals surface area (Å²) in [6.07, 6.45) is 0.622. The summed E-state index contributed by atoms with van der Waals surface area (Å²) in [5.74, 6) is -1.54. The van der Waals surface area contributed by atoms with Crippen LogP contribution in [0.25, 0.3) is 0 Å². The molecule has 0 bridgehead atoms. The van der Waals surface area contributed by atoms with Crippen molar-refractivity contribution in [2.45, 2.75) is 32.4 Å². The fraction of sp³-hybridized carbons (Fsp3) is 0.333. The smallest absolute Gasteiger partial charge is 0.251 e. The Balaban J connectivity index is 1.99. The Morgan fingerprint density at radius 3 is 2.61 bits per heavy atom. The zero-order valence-corrected chi connectivity index (χ0v) is 16.5. The zero-order chi connectivity index (χ0) is 20.4. The highest BCUT2D eigenvalue weighted by Crippen LogP contribution is 2.33. The zero-order valence-electron chi connectivity index (χ0n) is 15.8. The van der Waals surface area contributed by atoms with Gasteiger partial charge in [-0.3, -0.25) is 9.59 Å². The van der Waals surface area contributed by atoms with Gasteiger partial charge in [-0.25, -0.2) is 4.39 Å². The summed E-state index contributed by atoms with van der Waals surface area (Å²) in [5.41, 5.74) is 7.66.